The Bertz CT molecular complexity index is 413. The van der Waals surface area contributed by atoms with Gasteiger partial charge in [0.05, 0.1) is 33.9 Å². The lowest BCUT2D eigenvalue weighted by atomic mass is 10.0. The van der Waals surface area contributed by atoms with Gasteiger partial charge in [0.25, 0.3) is 0 Å². The molecule has 0 aliphatic carbocycles. The Morgan fingerprint density at radius 1 is 0.700 bits per heavy atom. The lowest BCUT2D eigenvalue weighted by Crippen LogP contribution is -2.32. The number of hydrogen-bond donors (Lipinski definition) is 1. The zero-order chi connectivity index (χ0) is 22.7. The minimum absolute atomic E-state index is 0.593. The average molecular weight is 467 g/mol. The molecule has 0 fully saturated rings. The molecule has 0 aliphatic heterocycles. The largest absolute Gasteiger partial charge is 0.701 e. The summed E-state index contributed by atoms with van der Waals surface area (Å²) in [4.78, 5) is 9.13. The third-order valence-corrected chi connectivity index (χ3v) is 9.39. The molecule has 0 radical (unpaired) electrons. The summed E-state index contributed by atoms with van der Waals surface area (Å²) >= 11 is 0. The first kappa shape index (κ1) is 30.4. The van der Waals surface area contributed by atoms with E-state index < -0.39 is 21.0 Å². The maximum absolute atomic E-state index is 11.1. The van der Waals surface area contributed by atoms with Crippen LogP contribution in [0.25, 0.3) is 0 Å². The summed E-state index contributed by atoms with van der Waals surface area (Å²) in [7, 11) is -4.22. The Labute approximate surface area is 189 Å². The van der Waals surface area contributed by atoms with Crippen LogP contribution in [-0.2, 0) is 13.8 Å². The second kappa shape index (κ2) is 18.9. The molecule has 1 N–H and O–H groups in total. The quantitative estimate of drug-likeness (QED) is 0.0983. The van der Waals surface area contributed by atoms with Crippen molar-refractivity contribution in [1.82, 2.24) is 0 Å². The zero-order valence-electron chi connectivity index (χ0n) is 20.8. The molecule has 0 saturated heterocycles. The second-order valence-electron chi connectivity index (χ2n) is 9.74. The summed E-state index contributed by atoms with van der Waals surface area (Å²) < 4.78 is 22.3. The molecule has 2 atom stereocenters. The SMILES string of the molecule is CCCCCCCCCCCCCCCCCCCOC(C)(O[P+](=O)O)[P+](C)(C)C. The van der Waals surface area contributed by atoms with Gasteiger partial charge in [-0.3, -0.25) is 0 Å². The molecular weight excluding hydrogens is 414 g/mol. The molecular formula is C24H52O4P2+2. The number of hydrogen-bond acceptors (Lipinski definition) is 3. The van der Waals surface area contributed by atoms with E-state index >= 15 is 0 Å². The minimum atomic E-state index is -2.65. The highest BCUT2D eigenvalue weighted by molar-refractivity contribution is 7.75. The lowest BCUT2D eigenvalue weighted by molar-refractivity contribution is -0.106. The number of ether oxygens (including phenoxy) is 1. The summed E-state index contributed by atoms with van der Waals surface area (Å²) in [5.41, 5.74) is -0.926. The molecule has 0 bridgehead atoms. The summed E-state index contributed by atoms with van der Waals surface area (Å²) in [5, 5.41) is 0. The summed E-state index contributed by atoms with van der Waals surface area (Å²) in [5.74, 6) is 0. The molecule has 0 aromatic rings. The van der Waals surface area contributed by atoms with E-state index in [0.717, 1.165) is 12.8 Å². The molecule has 0 aromatic heterocycles. The van der Waals surface area contributed by atoms with Crippen LogP contribution in [0.4, 0.5) is 0 Å². The second-order valence-corrected chi connectivity index (χ2v) is 15.2. The molecule has 0 amide bonds. The van der Waals surface area contributed by atoms with Crippen molar-refractivity contribution in [3.8, 4) is 0 Å². The van der Waals surface area contributed by atoms with Crippen molar-refractivity contribution >= 4 is 15.5 Å². The van der Waals surface area contributed by atoms with Gasteiger partial charge in [-0.1, -0.05) is 110 Å². The van der Waals surface area contributed by atoms with Gasteiger partial charge in [-0.2, -0.15) is 0 Å². The third kappa shape index (κ3) is 17.0. The Morgan fingerprint density at radius 2 is 1.03 bits per heavy atom. The molecule has 0 rings (SSSR count). The van der Waals surface area contributed by atoms with Crippen molar-refractivity contribution in [3.05, 3.63) is 0 Å². The van der Waals surface area contributed by atoms with Crippen LogP contribution in [0.5, 0.6) is 0 Å². The van der Waals surface area contributed by atoms with Gasteiger partial charge in [-0.15, -0.1) is 4.89 Å². The highest BCUT2D eigenvalue weighted by Gasteiger charge is 2.53. The predicted molar refractivity (Wildman–Crippen MR) is 134 cm³/mol. The smallest absolute Gasteiger partial charge is 0.316 e. The molecule has 30 heavy (non-hydrogen) atoms. The van der Waals surface area contributed by atoms with Crippen LogP contribution >= 0.6 is 15.5 Å². The summed E-state index contributed by atoms with van der Waals surface area (Å²) in [6.45, 7) is 10.9. The topological polar surface area (TPSA) is 55.8 Å². The molecule has 0 saturated carbocycles. The molecule has 0 heterocycles. The highest BCUT2D eigenvalue weighted by atomic mass is 31.2. The first-order chi connectivity index (χ1) is 14.2. The van der Waals surface area contributed by atoms with Crippen molar-refractivity contribution in [2.24, 2.45) is 0 Å². The van der Waals surface area contributed by atoms with Crippen LogP contribution in [0.2, 0.25) is 0 Å². The maximum atomic E-state index is 11.1. The van der Waals surface area contributed by atoms with E-state index in [4.69, 9.17) is 14.2 Å². The molecule has 2 unspecified atom stereocenters. The molecule has 4 nitrogen and oxygen atoms in total. The van der Waals surface area contributed by atoms with Gasteiger partial charge in [0, 0.05) is 11.5 Å². The first-order valence-corrected chi connectivity index (χ1v) is 16.8. The van der Waals surface area contributed by atoms with Crippen LogP contribution in [0.1, 0.15) is 123 Å². The van der Waals surface area contributed by atoms with Gasteiger partial charge in [-0.25, -0.2) is 0 Å². The summed E-state index contributed by atoms with van der Waals surface area (Å²) in [6, 6.07) is 0. The van der Waals surface area contributed by atoms with Gasteiger partial charge < -0.3 is 4.74 Å². The molecule has 6 heteroatoms. The first-order valence-electron chi connectivity index (χ1n) is 12.5. The lowest BCUT2D eigenvalue weighted by Gasteiger charge is -2.29. The fourth-order valence-electron chi connectivity index (χ4n) is 3.58. The van der Waals surface area contributed by atoms with E-state index in [2.05, 4.69) is 26.9 Å². The fourth-order valence-corrected chi connectivity index (χ4v) is 5.59. The van der Waals surface area contributed by atoms with Gasteiger partial charge in [0.1, 0.15) is 0 Å². The van der Waals surface area contributed by atoms with Crippen molar-refractivity contribution in [2.45, 2.75) is 129 Å². The monoisotopic (exact) mass is 466 g/mol. The standard InChI is InChI=1S/C24H51O4P2/c1-6-7-8-9-10-11-12-13-14-15-16-17-18-19-20-21-22-23-27-24(2,28-29(25)26)30(3,4)5/h6-23H2,1-5H3/q+1/p+1. The Morgan fingerprint density at radius 3 is 1.33 bits per heavy atom. The van der Waals surface area contributed by atoms with Crippen molar-refractivity contribution in [2.75, 3.05) is 26.6 Å². The Kier molecular flexibility index (Phi) is 19.2. The fraction of sp³-hybridized carbons (Fsp3) is 1.00. The molecule has 0 aliphatic rings. The van der Waals surface area contributed by atoms with E-state index in [1.165, 1.54) is 96.3 Å². The van der Waals surface area contributed by atoms with Crippen molar-refractivity contribution in [3.63, 3.8) is 0 Å². The van der Waals surface area contributed by atoms with Crippen molar-refractivity contribution in [1.29, 1.82) is 0 Å². The Hall–Kier alpha value is 0.410. The molecule has 180 valence electrons. The van der Waals surface area contributed by atoms with E-state index in [1.54, 1.807) is 6.92 Å². The van der Waals surface area contributed by atoms with Gasteiger partial charge in [-0.05, 0) is 10.9 Å². The van der Waals surface area contributed by atoms with Gasteiger partial charge >= 0.3 is 13.8 Å². The van der Waals surface area contributed by atoms with E-state index in [1.807, 2.05) is 0 Å². The minimum Gasteiger partial charge on any atom is -0.316 e. The molecule has 0 aromatic carbocycles. The van der Waals surface area contributed by atoms with Crippen molar-refractivity contribution < 1.29 is 18.7 Å². The number of rotatable bonds is 22. The van der Waals surface area contributed by atoms with Crippen LogP contribution in [0.15, 0.2) is 0 Å². The summed E-state index contributed by atoms with van der Waals surface area (Å²) in [6.07, 6.45) is 23.0. The van der Waals surface area contributed by atoms with E-state index in [-0.39, 0.29) is 0 Å². The van der Waals surface area contributed by atoms with Crippen LogP contribution < -0.4 is 0 Å². The predicted octanol–water partition coefficient (Wildman–Crippen LogP) is 8.90. The third-order valence-electron chi connectivity index (χ3n) is 6.08. The average Bonchev–Trinajstić information content (AvgIpc) is 2.65. The number of unbranched alkanes of at least 4 members (excludes halogenated alkanes) is 16. The van der Waals surface area contributed by atoms with E-state index in [0.29, 0.717) is 6.61 Å². The normalized spacial score (nSPS) is 14.7. The Balaban J connectivity index is 3.45. The van der Waals surface area contributed by atoms with Crippen LogP contribution in [0.3, 0.4) is 0 Å². The molecule has 0 spiro atoms. The van der Waals surface area contributed by atoms with Gasteiger partial charge in [0.2, 0.25) is 0 Å². The van der Waals surface area contributed by atoms with E-state index in [9.17, 15) is 4.57 Å². The van der Waals surface area contributed by atoms with Gasteiger partial charge in [0.15, 0.2) is 0 Å². The van der Waals surface area contributed by atoms with Crippen LogP contribution in [0, 0.1) is 0 Å². The zero-order valence-corrected chi connectivity index (χ0v) is 22.6. The maximum Gasteiger partial charge on any atom is 0.701 e. The van der Waals surface area contributed by atoms with Crippen LogP contribution in [-0.4, -0.2) is 37.0 Å². The highest BCUT2D eigenvalue weighted by Crippen LogP contribution is 2.62.